The predicted octanol–water partition coefficient (Wildman–Crippen LogP) is 3.28. The molecule has 0 radical (unpaired) electrons. The molecule has 1 unspecified atom stereocenters. The van der Waals surface area contributed by atoms with E-state index in [1.54, 1.807) is 13.8 Å². The van der Waals surface area contributed by atoms with Crippen molar-refractivity contribution in [2.45, 2.75) is 51.3 Å². The summed E-state index contributed by atoms with van der Waals surface area (Å²) in [6.45, 7) is 5.87. The molecule has 1 amide bonds. The highest BCUT2D eigenvalue weighted by molar-refractivity contribution is 7.89. The average molecular weight is 406 g/mol. The Hall–Kier alpha value is -2.19. The molecular weight excluding hydrogens is 378 g/mol. The second-order valence-electron chi connectivity index (χ2n) is 7.29. The van der Waals surface area contributed by atoms with Gasteiger partial charge in [-0.1, -0.05) is 30.6 Å². The fourth-order valence-electron chi connectivity index (χ4n) is 3.63. The molecule has 28 heavy (non-hydrogen) atoms. The summed E-state index contributed by atoms with van der Waals surface area (Å²) in [4.78, 5) is 12.8. The quantitative estimate of drug-likeness (QED) is 0.796. The van der Waals surface area contributed by atoms with Crippen molar-refractivity contribution in [3.8, 4) is 0 Å². The van der Waals surface area contributed by atoms with Crippen molar-refractivity contribution < 1.29 is 17.7 Å². The zero-order chi connectivity index (χ0) is 20.3. The van der Waals surface area contributed by atoms with Gasteiger partial charge in [0.25, 0.3) is 0 Å². The molecule has 0 aliphatic carbocycles. The molecule has 1 aliphatic heterocycles. The highest BCUT2D eigenvalue weighted by Crippen LogP contribution is 2.28. The number of benzene rings is 1. The molecule has 1 aliphatic rings. The number of hydrogen-bond donors (Lipinski definition) is 1. The predicted molar refractivity (Wildman–Crippen MR) is 107 cm³/mol. The van der Waals surface area contributed by atoms with E-state index >= 15 is 0 Å². The first-order chi connectivity index (χ1) is 13.3. The Morgan fingerprint density at radius 3 is 2.61 bits per heavy atom. The SMILES string of the molecule is CCCc1ccc(NC(=O)C2CCCN(S(=O)(=O)c3c(C)noc3C)C2)cc1. The number of hydrogen-bond acceptors (Lipinski definition) is 5. The molecule has 2 heterocycles. The molecule has 1 saturated heterocycles. The Bertz CT molecular complexity index is 915. The summed E-state index contributed by atoms with van der Waals surface area (Å²) >= 11 is 0. The first kappa shape index (κ1) is 20.5. The molecule has 2 aromatic rings. The van der Waals surface area contributed by atoms with Crippen molar-refractivity contribution in [1.29, 1.82) is 0 Å². The van der Waals surface area contributed by atoms with Crippen molar-refractivity contribution >= 4 is 21.6 Å². The van der Waals surface area contributed by atoms with Gasteiger partial charge in [0.15, 0.2) is 5.76 Å². The Morgan fingerprint density at radius 1 is 1.29 bits per heavy atom. The number of aromatic nitrogens is 1. The van der Waals surface area contributed by atoms with E-state index in [0.717, 1.165) is 18.5 Å². The van der Waals surface area contributed by atoms with Crippen LogP contribution in [0.15, 0.2) is 33.7 Å². The van der Waals surface area contributed by atoms with Crippen LogP contribution in [0.4, 0.5) is 5.69 Å². The second-order valence-corrected chi connectivity index (χ2v) is 9.17. The number of aryl methyl sites for hydroxylation is 3. The highest BCUT2D eigenvalue weighted by Gasteiger charge is 2.36. The lowest BCUT2D eigenvalue weighted by molar-refractivity contribution is -0.120. The van der Waals surface area contributed by atoms with Crippen LogP contribution in [-0.4, -0.2) is 36.9 Å². The minimum atomic E-state index is -3.73. The summed E-state index contributed by atoms with van der Waals surface area (Å²) in [6.07, 6.45) is 3.37. The molecular formula is C20H27N3O4S. The Balaban J connectivity index is 1.69. The van der Waals surface area contributed by atoms with E-state index in [9.17, 15) is 13.2 Å². The molecule has 1 N–H and O–H groups in total. The van der Waals surface area contributed by atoms with Gasteiger partial charge in [0.05, 0.1) is 5.92 Å². The van der Waals surface area contributed by atoms with Crippen LogP contribution in [0, 0.1) is 19.8 Å². The molecule has 0 bridgehead atoms. The van der Waals surface area contributed by atoms with E-state index < -0.39 is 10.0 Å². The summed E-state index contributed by atoms with van der Waals surface area (Å²) in [7, 11) is -3.73. The van der Waals surface area contributed by atoms with Gasteiger partial charge in [-0.15, -0.1) is 0 Å². The van der Waals surface area contributed by atoms with E-state index in [1.807, 2.05) is 24.3 Å². The molecule has 1 aromatic carbocycles. The number of carbonyl (C=O) groups excluding carboxylic acids is 1. The van der Waals surface area contributed by atoms with Crippen LogP contribution in [0.3, 0.4) is 0 Å². The molecule has 152 valence electrons. The normalized spacial score (nSPS) is 18.2. The monoisotopic (exact) mass is 405 g/mol. The van der Waals surface area contributed by atoms with Gasteiger partial charge in [0.1, 0.15) is 10.6 Å². The number of piperidine rings is 1. The molecule has 1 atom stereocenters. The highest BCUT2D eigenvalue weighted by atomic mass is 32.2. The van der Waals surface area contributed by atoms with Gasteiger partial charge in [-0.3, -0.25) is 4.79 Å². The van der Waals surface area contributed by atoms with Gasteiger partial charge in [-0.05, 0) is 50.8 Å². The van der Waals surface area contributed by atoms with Crippen molar-refractivity contribution in [1.82, 2.24) is 9.46 Å². The maximum absolute atomic E-state index is 13.0. The van der Waals surface area contributed by atoms with Crippen LogP contribution in [0.5, 0.6) is 0 Å². The molecule has 0 saturated carbocycles. The number of nitrogens with one attached hydrogen (secondary N) is 1. The molecule has 8 heteroatoms. The van der Waals surface area contributed by atoms with E-state index in [0.29, 0.717) is 25.1 Å². The first-order valence-electron chi connectivity index (χ1n) is 9.65. The third kappa shape index (κ3) is 4.28. The summed E-state index contributed by atoms with van der Waals surface area (Å²) in [5.41, 5.74) is 2.31. The summed E-state index contributed by atoms with van der Waals surface area (Å²) in [5.74, 6) is -0.266. The van der Waals surface area contributed by atoms with Gasteiger partial charge in [0, 0.05) is 18.8 Å². The number of sulfonamides is 1. The molecule has 1 fully saturated rings. The third-order valence-electron chi connectivity index (χ3n) is 5.08. The lowest BCUT2D eigenvalue weighted by Crippen LogP contribution is -2.43. The Labute approximate surface area is 166 Å². The van der Waals surface area contributed by atoms with Crippen molar-refractivity contribution in [3.05, 3.63) is 41.3 Å². The Kier molecular flexibility index (Phi) is 6.20. The van der Waals surface area contributed by atoms with Crippen LogP contribution in [0.2, 0.25) is 0 Å². The molecule has 3 rings (SSSR count). The first-order valence-corrected chi connectivity index (χ1v) is 11.1. The van der Waals surface area contributed by atoms with Gasteiger partial charge in [-0.2, -0.15) is 4.31 Å². The van der Waals surface area contributed by atoms with Gasteiger partial charge in [0.2, 0.25) is 15.9 Å². The number of amides is 1. The largest absolute Gasteiger partial charge is 0.360 e. The lowest BCUT2D eigenvalue weighted by atomic mass is 9.98. The fourth-order valence-corrected chi connectivity index (χ4v) is 5.45. The Morgan fingerprint density at radius 2 is 2.00 bits per heavy atom. The van der Waals surface area contributed by atoms with E-state index in [4.69, 9.17) is 4.52 Å². The van der Waals surface area contributed by atoms with Crippen LogP contribution >= 0.6 is 0 Å². The maximum atomic E-state index is 13.0. The summed E-state index contributed by atoms with van der Waals surface area (Å²) in [5, 5.41) is 6.67. The number of nitrogens with zero attached hydrogens (tertiary/aromatic N) is 2. The van der Waals surface area contributed by atoms with Crippen LogP contribution in [0.1, 0.15) is 43.2 Å². The smallest absolute Gasteiger partial charge is 0.248 e. The summed E-state index contributed by atoms with van der Waals surface area (Å²) in [6, 6.07) is 7.80. The van der Waals surface area contributed by atoms with Crippen molar-refractivity contribution in [3.63, 3.8) is 0 Å². The summed E-state index contributed by atoms with van der Waals surface area (Å²) < 4.78 is 32.4. The standard InChI is InChI=1S/C20H27N3O4S/c1-4-6-16-8-10-18(11-9-16)21-20(24)17-7-5-12-23(13-17)28(25,26)19-14(2)22-27-15(19)3/h8-11,17H,4-7,12-13H2,1-3H3,(H,21,24). The molecule has 1 aromatic heterocycles. The number of anilines is 1. The topological polar surface area (TPSA) is 92.5 Å². The van der Waals surface area contributed by atoms with Crippen LogP contribution in [0.25, 0.3) is 0 Å². The van der Waals surface area contributed by atoms with Crippen molar-refractivity contribution in [2.75, 3.05) is 18.4 Å². The van der Waals surface area contributed by atoms with E-state index in [1.165, 1.54) is 9.87 Å². The van der Waals surface area contributed by atoms with Crippen molar-refractivity contribution in [2.24, 2.45) is 5.92 Å². The third-order valence-corrected chi connectivity index (χ3v) is 7.19. The number of rotatable bonds is 6. The minimum absolute atomic E-state index is 0.111. The van der Waals surface area contributed by atoms with Crippen LogP contribution in [-0.2, 0) is 21.2 Å². The van der Waals surface area contributed by atoms with Crippen LogP contribution < -0.4 is 5.32 Å². The molecule has 0 spiro atoms. The maximum Gasteiger partial charge on any atom is 0.248 e. The van der Waals surface area contributed by atoms with Gasteiger partial charge < -0.3 is 9.84 Å². The van der Waals surface area contributed by atoms with Gasteiger partial charge >= 0.3 is 0 Å². The number of carbonyl (C=O) groups is 1. The lowest BCUT2D eigenvalue weighted by Gasteiger charge is -2.31. The zero-order valence-corrected chi connectivity index (χ0v) is 17.4. The van der Waals surface area contributed by atoms with E-state index in [-0.39, 0.29) is 29.0 Å². The zero-order valence-electron chi connectivity index (χ0n) is 16.6. The van der Waals surface area contributed by atoms with E-state index in [2.05, 4.69) is 17.4 Å². The van der Waals surface area contributed by atoms with Gasteiger partial charge in [-0.25, -0.2) is 8.42 Å². The second kappa shape index (κ2) is 8.45. The fraction of sp³-hybridized carbons (Fsp3) is 0.500. The molecule has 7 nitrogen and oxygen atoms in total. The average Bonchev–Trinajstić information content (AvgIpc) is 3.02. The minimum Gasteiger partial charge on any atom is -0.360 e.